The summed E-state index contributed by atoms with van der Waals surface area (Å²) in [6.07, 6.45) is 15.5. The van der Waals surface area contributed by atoms with E-state index < -0.39 is 0 Å². The second kappa shape index (κ2) is 10.1. The fourth-order valence-electron chi connectivity index (χ4n) is 5.41. The molecule has 2 aromatic rings. The van der Waals surface area contributed by atoms with Crippen LogP contribution in [-0.2, 0) is 9.53 Å². The van der Waals surface area contributed by atoms with Crippen molar-refractivity contribution in [1.29, 1.82) is 0 Å². The van der Waals surface area contributed by atoms with E-state index in [9.17, 15) is 4.79 Å². The van der Waals surface area contributed by atoms with Crippen LogP contribution in [0.15, 0.2) is 36.7 Å². The zero-order valence-electron chi connectivity index (χ0n) is 19.0. The van der Waals surface area contributed by atoms with Crippen LogP contribution in [0.2, 0.25) is 0 Å². The minimum atomic E-state index is 0.0772. The third kappa shape index (κ3) is 5.01. The average Bonchev–Trinajstić information content (AvgIpc) is 3.36. The molecule has 6 heteroatoms. The fraction of sp³-hybridized carbons (Fsp3) is 0.615. The van der Waals surface area contributed by atoms with Gasteiger partial charge in [0.1, 0.15) is 6.23 Å². The summed E-state index contributed by atoms with van der Waals surface area (Å²) in [4.78, 5) is 15.1. The first kappa shape index (κ1) is 21.5. The Kier molecular flexibility index (Phi) is 6.77. The van der Waals surface area contributed by atoms with Gasteiger partial charge in [-0.25, -0.2) is 4.68 Å². The zero-order valence-corrected chi connectivity index (χ0v) is 19.0. The molecule has 1 aromatic heterocycles. The van der Waals surface area contributed by atoms with Gasteiger partial charge in [-0.3, -0.25) is 4.79 Å². The van der Waals surface area contributed by atoms with E-state index in [0.29, 0.717) is 6.04 Å². The van der Waals surface area contributed by atoms with Gasteiger partial charge in [0.2, 0.25) is 5.91 Å². The summed E-state index contributed by atoms with van der Waals surface area (Å²) >= 11 is 0. The molecule has 0 spiro atoms. The molecule has 3 heterocycles. The molecule has 1 amide bonds. The molecule has 6 nitrogen and oxygen atoms in total. The monoisotopic (exact) mass is 436 g/mol. The second-order valence-corrected chi connectivity index (χ2v) is 9.68. The van der Waals surface area contributed by atoms with Gasteiger partial charge in [-0.2, -0.15) is 5.10 Å². The molecule has 1 aromatic carbocycles. The van der Waals surface area contributed by atoms with E-state index in [1.54, 1.807) is 0 Å². The number of carbonyl (C=O) groups excluding carboxylic acids is 1. The van der Waals surface area contributed by atoms with Crippen LogP contribution in [0.5, 0.6) is 0 Å². The number of nitrogens with one attached hydrogen (secondary N) is 1. The van der Waals surface area contributed by atoms with Gasteiger partial charge in [-0.1, -0.05) is 31.4 Å². The van der Waals surface area contributed by atoms with Gasteiger partial charge in [-0.15, -0.1) is 0 Å². The van der Waals surface area contributed by atoms with Crippen LogP contribution >= 0.6 is 0 Å². The largest absolute Gasteiger partial charge is 0.371 e. The Balaban J connectivity index is 1.14. The van der Waals surface area contributed by atoms with E-state index in [1.807, 2.05) is 10.9 Å². The highest BCUT2D eigenvalue weighted by Gasteiger charge is 2.27. The molecule has 1 unspecified atom stereocenters. The Hall–Kier alpha value is -2.34. The van der Waals surface area contributed by atoms with Crippen LogP contribution < -0.4 is 10.2 Å². The van der Waals surface area contributed by atoms with Crippen LogP contribution in [0.4, 0.5) is 5.69 Å². The summed E-state index contributed by atoms with van der Waals surface area (Å²) in [5, 5.41) is 7.86. The highest BCUT2D eigenvalue weighted by molar-refractivity contribution is 5.79. The summed E-state index contributed by atoms with van der Waals surface area (Å²) < 4.78 is 7.81. The zero-order chi connectivity index (χ0) is 21.8. The number of hydrogen-bond acceptors (Lipinski definition) is 4. The van der Waals surface area contributed by atoms with Crippen molar-refractivity contribution in [3.05, 3.63) is 36.7 Å². The third-order valence-electron chi connectivity index (χ3n) is 7.44. The maximum Gasteiger partial charge on any atom is 0.223 e. The first-order chi connectivity index (χ1) is 15.8. The highest BCUT2D eigenvalue weighted by Crippen LogP contribution is 2.29. The average molecular weight is 437 g/mol. The molecule has 5 rings (SSSR count). The molecular weight excluding hydrogens is 400 g/mol. The van der Waals surface area contributed by atoms with Gasteiger partial charge in [0, 0.05) is 49.1 Å². The van der Waals surface area contributed by atoms with Crippen LogP contribution in [0.1, 0.15) is 70.4 Å². The molecular formula is C26H36N4O2. The molecule has 0 radical (unpaired) electrons. The minimum absolute atomic E-state index is 0.0772. The van der Waals surface area contributed by atoms with Crippen molar-refractivity contribution < 1.29 is 9.53 Å². The number of hydrogen-bond donors (Lipinski definition) is 1. The summed E-state index contributed by atoms with van der Waals surface area (Å²) in [7, 11) is 0. The maximum absolute atomic E-state index is 12.7. The SMILES string of the molecule is O=C(NC1CCCCC1)C1CCN(c2ccc(-c3cnn(C4CCCCO4)c3)cc2)CC1. The summed E-state index contributed by atoms with van der Waals surface area (Å²) in [5.41, 5.74) is 3.55. The molecule has 3 aliphatic rings. The molecule has 1 saturated carbocycles. The van der Waals surface area contributed by atoms with Crippen molar-refractivity contribution in [2.45, 2.75) is 76.5 Å². The summed E-state index contributed by atoms with van der Waals surface area (Å²) in [6, 6.07) is 9.18. The molecule has 1 atom stereocenters. The van der Waals surface area contributed by atoms with Gasteiger partial charge < -0.3 is 15.0 Å². The predicted octanol–water partition coefficient (Wildman–Crippen LogP) is 4.91. The number of nitrogens with zero attached hydrogens (tertiary/aromatic N) is 3. The van der Waals surface area contributed by atoms with Crippen molar-refractivity contribution >= 4 is 11.6 Å². The predicted molar refractivity (Wildman–Crippen MR) is 126 cm³/mol. The first-order valence-electron chi connectivity index (χ1n) is 12.6. The van der Waals surface area contributed by atoms with Crippen LogP contribution in [0.3, 0.4) is 0 Å². The lowest BCUT2D eigenvalue weighted by molar-refractivity contribution is -0.126. The van der Waals surface area contributed by atoms with Crippen molar-refractivity contribution in [3.8, 4) is 11.1 Å². The number of piperidine rings is 1. The Bertz CT molecular complexity index is 873. The van der Waals surface area contributed by atoms with Gasteiger partial charge in [0.05, 0.1) is 6.20 Å². The van der Waals surface area contributed by atoms with Gasteiger partial charge in [0.25, 0.3) is 0 Å². The summed E-state index contributed by atoms with van der Waals surface area (Å²) in [6.45, 7) is 2.71. The van der Waals surface area contributed by atoms with Crippen LogP contribution in [0.25, 0.3) is 11.1 Å². The van der Waals surface area contributed by atoms with E-state index in [-0.39, 0.29) is 18.1 Å². The normalized spacial score (nSPS) is 23.2. The molecule has 1 aliphatic carbocycles. The molecule has 2 saturated heterocycles. The van der Waals surface area contributed by atoms with E-state index in [0.717, 1.165) is 63.8 Å². The van der Waals surface area contributed by atoms with Gasteiger partial charge >= 0.3 is 0 Å². The van der Waals surface area contributed by atoms with Crippen molar-refractivity contribution in [2.24, 2.45) is 5.92 Å². The number of benzene rings is 1. The maximum atomic E-state index is 12.7. The lowest BCUT2D eigenvalue weighted by atomic mass is 9.92. The van der Waals surface area contributed by atoms with Crippen LogP contribution in [-0.4, -0.2) is 41.4 Å². The summed E-state index contributed by atoms with van der Waals surface area (Å²) in [5.74, 6) is 0.450. The van der Waals surface area contributed by atoms with Crippen molar-refractivity contribution in [2.75, 3.05) is 24.6 Å². The second-order valence-electron chi connectivity index (χ2n) is 9.68. The van der Waals surface area contributed by atoms with Gasteiger partial charge in [0.15, 0.2) is 0 Å². The standard InChI is InChI=1S/C26H36N4O2/c31-26(28-23-6-2-1-3-7-23)21-13-15-29(16-14-21)24-11-9-20(10-12-24)22-18-27-30(19-22)25-8-4-5-17-32-25/h9-12,18-19,21,23,25H,1-8,13-17H2,(H,28,31). The van der Waals surface area contributed by atoms with E-state index >= 15 is 0 Å². The Labute approximate surface area is 191 Å². The topological polar surface area (TPSA) is 59.4 Å². The third-order valence-corrected chi connectivity index (χ3v) is 7.44. The highest BCUT2D eigenvalue weighted by atomic mass is 16.5. The Morgan fingerprint density at radius 1 is 0.906 bits per heavy atom. The molecule has 3 fully saturated rings. The van der Waals surface area contributed by atoms with E-state index in [1.165, 1.54) is 36.9 Å². The minimum Gasteiger partial charge on any atom is -0.371 e. The van der Waals surface area contributed by atoms with Crippen molar-refractivity contribution in [3.63, 3.8) is 0 Å². The number of amides is 1. The Morgan fingerprint density at radius 3 is 2.38 bits per heavy atom. The first-order valence-corrected chi connectivity index (χ1v) is 12.6. The quantitative estimate of drug-likeness (QED) is 0.723. The molecule has 1 N–H and O–H groups in total. The lowest BCUT2D eigenvalue weighted by Gasteiger charge is -2.34. The fourth-order valence-corrected chi connectivity index (χ4v) is 5.41. The molecule has 0 bridgehead atoms. The Morgan fingerprint density at radius 2 is 1.66 bits per heavy atom. The van der Waals surface area contributed by atoms with Crippen molar-refractivity contribution in [1.82, 2.24) is 15.1 Å². The number of ether oxygens (including phenoxy) is 1. The number of carbonyl (C=O) groups is 1. The molecule has 172 valence electrons. The number of aromatic nitrogens is 2. The number of rotatable bonds is 5. The van der Waals surface area contributed by atoms with E-state index in [2.05, 4.69) is 45.8 Å². The molecule has 32 heavy (non-hydrogen) atoms. The smallest absolute Gasteiger partial charge is 0.223 e. The van der Waals surface area contributed by atoms with E-state index in [4.69, 9.17) is 4.74 Å². The lowest BCUT2D eigenvalue weighted by Crippen LogP contribution is -2.44. The molecule has 2 aliphatic heterocycles. The van der Waals surface area contributed by atoms with Crippen LogP contribution in [0, 0.1) is 5.92 Å². The number of anilines is 1. The van der Waals surface area contributed by atoms with Gasteiger partial charge in [-0.05, 0) is 62.6 Å².